The summed E-state index contributed by atoms with van der Waals surface area (Å²) in [6, 6.07) is 2.11. The van der Waals surface area contributed by atoms with Crippen molar-refractivity contribution < 1.29 is 4.92 Å². The van der Waals surface area contributed by atoms with Crippen LogP contribution in [0.1, 0.15) is 35.0 Å². The lowest BCUT2D eigenvalue weighted by Crippen LogP contribution is -2.18. The lowest BCUT2D eigenvalue weighted by atomic mass is 9.94. The fourth-order valence-corrected chi connectivity index (χ4v) is 3.72. The molecule has 2 N–H and O–H groups in total. The van der Waals surface area contributed by atoms with Crippen LogP contribution in [0, 0.1) is 17.0 Å². The van der Waals surface area contributed by atoms with E-state index < -0.39 is 4.92 Å². The number of fused-ring (bicyclic) bond motifs is 1. The smallest absolute Gasteiger partial charge is 0.333 e. The second-order valence-corrected chi connectivity index (χ2v) is 5.73. The first-order valence-electron chi connectivity index (χ1n) is 6.15. The molecule has 1 atom stereocenters. The molecule has 2 heterocycles. The third kappa shape index (κ3) is 1.81. The lowest BCUT2D eigenvalue weighted by molar-refractivity contribution is -0.384. The molecule has 2 aromatic rings. The van der Waals surface area contributed by atoms with Gasteiger partial charge in [0.05, 0.1) is 11.0 Å². The van der Waals surface area contributed by atoms with Crippen LogP contribution in [-0.2, 0) is 6.42 Å². The topological polar surface area (TPSA) is 87.0 Å². The highest BCUT2D eigenvalue weighted by Gasteiger charge is 2.30. The molecule has 1 unspecified atom stereocenters. The van der Waals surface area contributed by atoms with E-state index in [0.29, 0.717) is 5.69 Å². The molecular formula is C12H14N4O2S. The number of hydrogen-bond acceptors (Lipinski definition) is 5. The molecule has 0 aliphatic heterocycles. The van der Waals surface area contributed by atoms with E-state index in [1.165, 1.54) is 10.4 Å². The molecule has 6 nitrogen and oxygen atoms in total. The zero-order valence-corrected chi connectivity index (χ0v) is 11.3. The number of anilines is 1. The fraction of sp³-hybridized carbons (Fsp3) is 0.417. The van der Waals surface area contributed by atoms with E-state index in [1.807, 2.05) is 0 Å². The van der Waals surface area contributed by atoms with Crippen LogP contribution in [-0.4, -0.2) is 14.7 Å². The fourth-order valence-electron chi connectivity index (χ4n) is 2.74. The number of aryl methyl sites for hydroxylation is 2. The molecule has 0 saturated carbocycles. The Morgan fingerprint density at radius 3 is 3.11 bits per heavy atom. The van der Waals surface area contributed by atoms with Crippen molar-refractivity contribution in [2.45, 2.75) is 32.2 Å². The van der Waals surface area contributed by atoms with Crippen LogP contribution in [0.5, 0.6) is 0 Å². The lowest BCUT2D eigenvalue weighted by Gasteiger charge is -2.23. The average Bonchev–Trinajstić information content (AvgIpc) is 2.93. The van der Waals surface area contributed by atoms with Crippen molar-refractivity contribution >= 4 is 22.8 Å². The number of hydrogen-bond donors (Lipinski definition) is 1. The molecule has 7 heteroatoms. The van der Waals surface area contributed by atoms with Crippen LogP contribution in [0.15, 0.2) is 11.4 Å². The van der Waals surface area contributed by atoms with E-state index in [-0.39, 0.29) is 17.5 Å². The van der Waals surface area contributed by atoms with E-state index in [4.69, 9.17) is 5.73 Å². The zero-order valence-electron chi connectivity index (χ0n) is 10.5. The minimum absolute atomic E-state index is 0.0300. The number of nitrogen functional groups attached to an aromatic ring is 1. The predicted octanol–water partition coefficient (Wildman–Crippen LogP) is 2.67. The quantitative estimate of drug-likeness (QED) is 0.675. The minimum atomic E-state index is -0.453. The molecule has 0 radical (unpaired) electrons. The Hall–Kier alpha value is -1.89. The van der Waals surface area contributed by atoms with E-state index >= 15 is 0 Å². The summed E-state index contributed by atoms with van der Waals surface area (Å²) in [4.78, 5) is 11.9. The monoisotopic (exact) mass is 278 g/mol. The van der Waals surface area contributed by atoms with Crippen molar-refractivity contribution in [3.8, 4) is 0 Å². The average molecular weight is 278 g/mol. The molecule has 100 valence electrons. The summed E-state index contributed by atoms with van der Waals surface area (Å²) in [5.41, 5.74) is 7.44. The molecule has 0 aromatic carbocycles. The normalized spacial score (nSPS) is 18.3. The standard InChI is InChI=1S/C12H14N4O2S/c1-7-11(16(17)18)12(13)15(14-7)9-3-2-4-10-8(9)5-6-19-10/h5-6,9H,2-4,13H2,1H3. The SMILES string of the molecule is Cc1nn(C2CCCc3sccc32)c(N)c1[N+](=O)[O-]. The summed E-state index contributed by atoms with van der Waals surface area (Å²) in [7, 11) is 0. The molecule has 1 aliphatic carbocycles. The van der Waals surface area contributed by atoms with Crippen molar-refractivity contribution in [1.82, 2.24) is 9.78 Å². The van der Waals surface area contributed by atoms with Gasteiger partial charge in [-0.15, -0.1) is 11.3 Å². The highest BCUT2D eigenvalue weighted by Crippen LogP contribution is 2.39. The molecule has 0 fully saturated rings. The van der Waals surface area contributed by atoms with Crippen molar-refractivity contribution in [2.24, 2.45) is 0 Å². The van der Waals surface area contributed by atoms with Gasteiger partial charge in [-0.3, -0.25) is 10.1 Å². The molecule has 0 spiro atoms. The van der Waals surface area contributed by atoms with E-state index in [2.05, 4.69) is 16.5 Å². The van der Waals surface area contributed by atoms with Gasteiger partial charge in [0.25, 0.3) is 0 Å². The summed E-state index contributed by atoms with van der Waals surface area (Å²) in [5, 5.41) is 17.4. The minimum Gasteiger partial charge on any atom is -0.378 e. The van der Waals surface area contributed by atoms with E-state index in [0.717, 1.165) is 19.3 Å². The molecule has 19 heavy (non-hydrogen) atoms. The first-order valence-corrected chi connectivity index (χ1v) is 7.02. The van der Waals surface area contributed by atoms with Crippen LogP contribution in [0.25, 0.3) is 0 Å². The van der Waals surface area contributed by atoms with Gasteiger partial charge in [-0.1, -0.05) is 0 Å². The van der Waals surface area contributed by atoms with Crippen LogP contribution >= 0.6 is 11.3 Å². The Morgan fingerprint density at radius 1 is 1.63 bits per heavy atom. The van der Waals surface area contributed by atoms with Gasteiger partial charge in [0, 0.05) is 4.88 Å². The van der Waals surface area contributed by atoms with Crippen LogP contribution in [0.4, 0.5) is 11.5 Å². The summed E-state index contributed by atoms with van der Waals surface area (Å²) < 4.78 is 1.62. The van der Waals surface area contributed by atoms with Crippen LogP contribution in [0.3, 0.4) is 0 Å². The van der Waals surface area contributed by atoms with E-state index in [9.17, 15) is 10.1 Å². The summed E-state index contributed by atoms with van der Waals surface area (Å²) in [6.07, 6.45) is 3.06. The Kier molecular flexibility index (Phi) is 2.78. The highest BCUT2D eigenvalue weighted by molar-refractivity contribution is 7.10. The van der Waals surface area contributed by atoms with Gasteiger partial charge in [0.1, 0.15) is 5.69 Å². The van der Waals surface area contributed by atoms with Crippen molar-refractivity contribution in [2.75, 3.05) is 5.73 Å². The van der Waals surface area contributed by atoms with E-state index in [1.54, 1.807) is 22.9 Å². The molecule has 0 bridgehead atoms. The molecule has 0 saturated heterocycles. The summed E-state index contributed by atoms with van der Waals surface area (Å²) >= 11 is 1.73. The second kappa shape index (κ2) is 4.34. The highest BCUT2D eigenvalue weighted by atomic mass is 32.1. The van der Waals surface area contributed by atoms with Gasteiger partial charge in [-0.25, -0.2) is 4.68 Å². The maximum absolute atomic E-state index is 11.0. The largest absolute Gasteiger partial charge is 0.378 e. The van der Waals surface area contributed by atoms with Crippen molar-refractivity contribution in [3.63, 3.8) is 0 Å². The number of aromatic nitrogens is 2. The summed E-state index contributed by atoms with van der Waals surface area (Å²) in [5.74, 6) is 0.159. The first-order chi connectivity index (χ1) is 9.09. The van der Waals surface area contributed by atoms with Crippen LogP contribution < -0.4 is 5.73 Å². The van der Waals surface area contributed by atoms with Crippen LogP contribution in [0.2, 0.25) is 0 Å². The van der Waals surface area contributed by atoms with Crippen molar-refractivity contribution in [1.29, 1.82) is 0 Å². The molecule has 2 aromatic heterocycles. The number of rotatable bonds is 2. The molecule has 3 rings (SSSR count). The third-order valence-electron chi connectivity index (χ3n) is 3.59. The Morgan fingerprint density at radius 2 is 2.42 bits per heavy atom. The van der Waals surface area contributed by atoms with Gasteiger partial charge >= 0.3 is 5.69 Å². The Bertz CT molecular complexity index is 646. The number of thiophene rings is 1. The van der Waals surface area contributed by atoms with Gasteiger partial charge in [-0.2, -0.15) is 5.10 Å². The summed E-state index contributed by atoms with van der Waals surface area (Å²) in [6.45, 7) is 1.63. The first kappa shape index (κ1) is 12.2. The van der Waals surface area contributed by atoms with Gasteiger partial charge in [0.2, 0.25) is 5.82 Å². The Labute approximate surface area is 114 Å². The molecule has 0 amide bonds. The van der Waals surface area contributed by atoms with Gasteiger partial charge in [-0.05, 0) is 43.2 Å². The zero-order chi connectivity index (χ0) is 13.6. The van der Waals surface area contributed by atoms with Gasteiger partial charge < -0.3 is 5.73 Å². The number of nitro groups is 1. The van der Waals surface area contributed by atoms with Crippen molar-refractivity contribution in [3.05, 3.63) is 37.7 Å². The third-order valence-corrected chi connectivity index (χ3v) is 4.58. The maximum atomic E-state index is 11.0. The number of nitrogens with zero attached hydrogens (tertiary/aromatic N) is 3. The predicted molar refractivity (Wildman–Crippen MR) is 73.4 cm³/mol. The molecular weight excluding hydrogens is 264 g/mol. The molecule has 1 aliphatic rings. The number of nitrogens with two attached hydrogens (primary N) is 1. The maximum Gasteiger partial charge on any atom is 0.333 e. The second-order valence-electron chi connectivity index (χ2n) is 4.73. The Balaban J connectivity index is 2.10. The van der Waals surface area contributed by atoms with Gasteiger partial charge in [0.15, 0.2) is 0 Å².